The molecule has 0 saturated heterocycles. The molecule has 0 heterocycles. The van der Waals surface area contributed by atoms with Crippen LogP contribution < -0.4 is 15.4 Å². The van der Waals surface area contributed by atoms with Gasteiger partial charge in [-0.15, -0.1) is 0 Å². The van der Waals surface area contributed by atoms with Crippen LogP contribution in [0.15, 0.2) is 18.2 Å². The maximum absolute atomic E-state index is 13.3. The molecule has 0 spiro atoms. The molecular formula is C14H19FN2O2. The van der Waals surface area contributed by atoms with Gasteiger partial charge in [0.2, 0.25) is 0 Å². The lowest BCUT2D eigenvalue weighted by Crippen LogP contribution is -2.30. The molecule has 2 rings (SSSR count). The molecule has 19 heavy (non-hydrogen) atoms. The summed E-state index contributed by atoms with van der Waals surface area (Å²) in [6.07, 6.45) is 2.07. The molecule has 4 nitrogen and oxygen atoms in total. The molecule has 1 aromatic rings. The van der Waals surface area contributed by atoms with Crippen molar-refractivity contribution in [1.29, 1.82) is 0 Å². The first kappa shape index (κ1) is 13.8. The molecule has 0 bridgehead atoms. The highest BCUT2D eigenvalue weighted by atomic mass is 19.1. The largest absolute Gasteiger partial charge is 0.483 e. The van der Waals surface area contributed by atoms with Crippen molar-refractivity contribution < 1.29 is 13.9 Å². The number of nitrogens with one attached hydrogen (secondary N) is 2. The van der Waals surface area contributed by atoms with Gasteiger partial charge in [-0.05, 0) is 32.9 Å². The Hall–Kier alpha value is -1.62. The normalized spacial score (nSPS) is 15.9. The predicted octanol–water partition coefficient (Wildman–Crippen LogP) is 1.76. The van der Waals surface area contributed by atoms with Gasteiger partial charge in [0.1, 0.15) is 11.6 Å². The number of rotatable bonds is 6. The summed E-state index contributed by atoms with van der Waals surface area (Å²) in [4.78, 5) is 11.6. The van der Waals surface area contributed by atoms with Crippen molar-refractivity contribution in [2.75, 3.05) is 13.7 Å². The average Bonchev–Trinajstić information content (AvgIpc) is 3.19. The SMILES string of the molecule is CNC(C)c1ccc(F)cc1OCC(=O)NC1CC1. The van der Waals surface area contributed by atoms with Gasteiger partial charge in [-0.3, -0.25) is 4.79 Å². The number of halogens is 1. The summed E-state index contributed by atoms with van der Waals surface area (Å²) >= 11 is 0. The summed E-state index contributed by atoms with van der Waals surface area (Å²) in [7, 11) is 1.82. The van der Waals surface area contributed by atoms with E-state index in [4.69, 9.17) is 4.74 Å². The van der Waals surface area contributed by atoms with Crippen molar-refractivity contribution in [3.8, 4) is 5.75 Å². The number of hydrogen-bond acceptors (Lipinski definition) is 3. The minimum absolute atomic E-state index is 0.0297. The molecule has 1 aromatic carbocycles. The molecule has 1 aliphatic rings. The number of amides is 1. The second kappa shape index (κ2) is 6.02. The lowest BCUT2D eigenvalue weighted by atomic mass is 10.1. The fourth-order valence-electron chi connectivity index (χ4n) is 1.79. The van der Waals surface area contributed by atoms with Gasteiger partial charge in [-0.1, -0.05) is 6.07 Å². The number of benzene rings is 1. The predicted molar refractivity (Wildman–Crippen MR) is 70.5 cm³/mol. The summed E-state index contributed by atoms with van der Waals surface area (Å²) in [6.45, 7) is 1.87. The highest BCUT2D eigenvalue weighted by Crippen LogP contribution is 2.26. The summed E-state index contributed by atoms with van der Waals surface area (Å²) in [5.41, 5.74) is 0.836. The minimum Gasteiger partial charge on any atom is -0.483 e. The van der Waals surface area contributed by atoms with Crippen LogP contribution in [0, 0.1) is 5.82 Å². The van der Waals surface area contributed by atoms with Crippen LogP contribution in [0.5, 0.6) is 5.75 Å². The Morgan fingerprint density at radius 3 is 2.89 bits per heavy atom. The lowest BCUT2D eigenvalue weighted by molar-refractivity contribution is -0.123. The van der Waals surface area contributed by atoms with Crippen molar-refractivity contribution in [3.63, 3.8) is 0 Å². The van der Waals surface area contributed by atoms with E-state index in [2.05, 4.69) is 10.6 Å². The first-order valence-electron chi connectivity index (χ1n) is 6.49. The molecule has 1 atom stereocenters. The van der Waals surface area contributed by atoms with Crippen molar-refractivity contribution in [2.24, 2.45) is 0 Å². The third-order valence-corrected chi connectivity index (χ3v) is 3.18. The molecule has 1 saturated carbocycles. The van der Waals surface area contributed by atoms with Crippen molar-refractivity contribution in [3.05, 3.63) is 29.6 Å². The van der Waals surface area contributed by atoms with E-state index in [-0.39, 0.29) is 24.4 Å². The van der Waals surface area contributed by atoms with Crippen LogP contribution in [0.4, 0.5) is 4.39 Å². The van der Waals surface area contributed by atoms with Gasteiger partial charge < -0.3 is 15.4 Å². The van der Waals surface area contributed by atoms with Crippen LogP contribution in [0.3, 0.4) is 0 Å². The van der Waals surface area contributed by atoms with E-state index >= 15 is 0 Å². The van der Waals surface area contributed by atoms with E-state index in [1.165, 1.54) is 12.1 Å². The third-order valence-electron chi connectivity index (χ3n) is 3.18. The van der Waals surface area contributed by atoms with Crippen LogP contribution in [-0.2, 0) is 4.79 Å². The van der Waals surface area contributed by atoms with Gasteiger partial charge in [-0.25, -0.2) is 4.39 Å². The molecular weight excluding hydrogens is 247 g/mol. The zero-order valence-electron chi connectivity index (χ0n) is 11.2. The lowest BCUT2D eigenvalue weighted by Gasteiger charge is -2.16. The number of ether oxygens (including phenoxy) is 1. The van der Waals surface area contributed by atoms with Crippen molar-refractivity contribution in [1.82, 2.24) is 10.6 Å². The molecule has 2 N–H and O–H groups in total. The highest BCUT2D eigenvalue weighted by molar-refractivity contribution is 5.78. The minimum atomic E-state index is -0.371. The maximum Gasteiger partial charge on any atom is 0.258 e. The first-order chi connectivity index (χ1) is 9.10. The molecule has 104 valence electrons. The Labute approximate surface area is 112 Å². The molecule has 1 aliphatic carbocycles. The second-order valence-corrected chi connectivity index (χ2v) is 4.82. The average molecular weight is 266 g/mol. The third kappa shape index (κ3) is 3.92. The van der Waals surface area contributed by atoms with E-state index in [1.54, 1.807) is 6.07 Å². The van der Waals surface area contributed by atoms with E-state index in [9.17, 15) is 9.18 Å². The fourth-order valence-corrected chi connectivity index (χ4v) is 1.79. The summed E-state index contributed by atoms with van der Waals surface area (Å²) in [5, 5.41) is 5.90. The van der Waals surface area contributed by atoms with Gasteiger partial charge in [0, 0.05) is 23.7 Å². The van der Waals surface area contributed by atoms with E-state index in [0.29, 0.717) is 11.8 Å². The Kier molecular flexibility index (Phi) is 4.37. The smallest absolute Gasteiger partial charge is 0.258 e. The van der Waals surface area contributed by atoms with Gasteiger partial charge in [0.15, 0.2) is 6.61 Å². The Morgan fingerprint density at radius 1 is 1.53 bits per heavy atom. The quantitative estimate of drug-likeness (QED) is 0.825. The van der Waals surface area contributed by atoms with E-state index in [1.807, 2.05) is 14.0 Å². The Bertz CT molecular complexity index is 461. The maximum atomic E-state index is 13.3. The monoisotopic (exact) mass is 266 g/mol. The second-order valence-electron chi connectivity index (χ2n) is 4.82. The van der Waals surface area contributed by atoms with Crippen molar-refractivity contribution in [2.45, 2.75) is 31.8 Å². The fraction of sp³-hybridized carbons (Fsp3) is 0.500. The van der Waals surface area contributed by atoms with E-state index in [0.717, 1.165) is 18.4 Å². The van der Waals surface area contributed by atoms with Crippen LogP contribution in [0.1, 0.15) is 31.4 Å². The highest BCUT2D eigenvalue weighted by Gasteiger charge is 2.23. The van der Waals surface area contributed by atoms with Gasteiger partial charge >= 0.3 is 0 Å². The molecule has 1 unspecified atom stereocenters. The zero-order valence-corrected chi connectivity index (χ0v) is 11.2. The standard InChI is InChI=1S/C14H19FN2O2/c1-9(16-2)12-6-3-10(15)7-13(12)19-8-14(18)17-11-4-5-11/h3,6-7,9,11,16H,4-5,8H2,1-2H3,(H,17,18). The molecule has 0 aromatic heterocycles. The summed E-state index contributed by atoms with van der Waals surface area (Å²) in [5.74, 6) is -0.118. The zero-order chi connectivity index (χ0) is 13.8. The first-order valence-corrected chi connectivity index (χ1v) is 6.49. The molecule has 1 fully saturated rings. The van der Waals surface area contributed by atoms with Crippen LogP contribution >= 0.6 is 0 Å². The summed E-state index contributed by atoms with van der Waals surface area (Å²) in [6, 6.07) is 4.71. The topological polar surface area (TPSA) is 50.4 Å². The molecule has 0 radical (unpaired) electrons. The number of carbonyl (C=O) groups is 1. The summed E-state index contributed by atoms with van der Waals surface area (Å²) < 4.78 is 18.7. The van der Waals surface area contributed by atoms with Crippen LogP contribution in [-0.4, -0.2) is 25.6 Å². The number of carbonyl (C=O) groups excluding carboxylic acids is 1. The van der Waals surface area contributed by atoms with Gasteiger partial charge in [-0.2, -0.15) is 0 Å². The molecule has 1 amide bonds. The van der Waals surface area contributed by atoms with Crippen molar-refractivity contribution >= 4 is 5.91 Å². The Balaban J connectivity index is 2.00. The van der Waals surface area contributed by atoms with Gasteiger partial charge in [0.05, 0.1) is 0 Å². The Morgan fingerprint density at radius 2 is 2.26 bits per heavy atom. The van der Waals surface area contributed by atoms with Crippen LogP contribution in [0.2, 0.25) is 0 Å². The number of hydrogen-bond donors (Lipinski definition) is 2. The van der Waals surface area contributed by atoms with E-state index < -0.39 is 0 Å². The van der Waals surface area contributed by atoms with Crippen LogP contribution in [0.25, 0.3) is 0 Å². The van der Waals surface area contributed by atoms with Gasteiger partial charge in [0.25, 0.3) is 5.91 Å². The molecule has 0 aliphatic heterocycles. The molecule has 5 heteroatoms.